The SMILES string of the molecule is O=C1NCC=CC1O. The van der Waals surface area contributed by atoms with Gasteiger partial charge in [0.25, 0.3) is 5.91 Å². The molecule has 1 amide bonds. The molecule has 44 valence electrons. The molecule has 0 bridgehead atoms. The van der Waals surface area contributed by atoms with Crippen LogP contribution in [0, 0.1) is 0 Å². The molecule has 0 saturated carbocycles. The van der Waals surface area contributed by atoms with Crippen molar-refractivity contribution in [1.82, 2.24) is 5.32 Å². The standard InChI is InChI=1S/C5H7NO2/c7-4-2-1-3-6-5(4)8/h1-2,4,7H,3H2,(H,6,8). The predicted octanol–water partition coefficient (Wildman–Crippen LogP) is -0.967. The van der Waals surface area contributed by atoms with Gasteiger partial charge in [0.15, 0.2) is 6.10 Å². The van der Waals surface area contributed by atoms with Gasteiger partial charge in [0.2, 0.25) is 0 Å². The lowest BCUT2D eigenvalue weighted by molar-refractivity contribution is -0.127. The molecule has 1 unspecified atom stereocenters. The van der Waals surface area contributed by atoms with Crippen molar-refractivity contribution in [3.05, 3.63) is 12.2 Å². The molecule has 0 aliphatic carbocycles. The number of aliphatic hydroxyl groups excluding tert-OH is 1. The van der Waals surface area contributed by atoms with Gasteiger partial charge in [0.1, 0.15) is 0 Å². The Labute approximate surface area is 47.0 Å². The van der Waals surface area contributed by atoms with Gasteiger partial charge in [-0.25, -0.2) is 0 Å². The summed E-state index contributed by atoms with van der Waals surface area (Å²) in [6.45, 7) is 0.538. The average molecular weight is 113 g/mol. The van der Waals surface area contributed by atoms with Crippen LogP contribution in [0.15, 0.2) is 12.2 Å². The van der Waals surface area contributed by atoms with E-state index < -0.39 is 6.10 Å². The molecular weight excluding hydrogens is 106 g/mol. The van der Waals surface area contributed by atoms with Crippen LogP contribution < -0.4 is 5.32 Å². The van der Waals surface area contributed by atoms with Crippen LogP contribution in [0.3, 0.4) is 0 Å². The third-order valence-electron chi connectivity index (χ3n) is 0.981. The van der Waals surface area contributed by atoms with E-state index in [2.05, 4.69) is 5.32 Å². The van der Waals surface area contributed by atoms with Crippen LogP contribution in [-0.4, -0.2) is 23.7 Å². The molecule has 0 aromatic carbocycles. The summed E-state index contributed by atoms with van der Waals surface area (Å²) in [6.07, 6.45) is 2.26. The Morgan fingerprint density at radius 3 is 3.00 bits per heavy atom. The van der Waals surface area contributed by atoms with Gasteiger partial charge in [-0.1, -0.05) is 6.08 Å². The summed E-state index contributed by atoms with van der Waals surface area (Å²) in [5.74, 6) is -0.312. The average Bonchev–Trinajstić information content (AvgIpc) is 1.77. The number of carbonyl (C=O) groups excluding carboxylic acids is 1. The first kappa shape index (κ1) is 5.31. The number of hydrogen-bond donors (Lipinski definition) is 2. The van der Waals surface area contributed by atoms with Gasteiger partial charge in [-0.15, -0.1) is 0 Å². The lowest BCUT2D eigenvalue weighted by atomic mass is 10.2. The Bertz CT molecular complexity index is 130. The second kappa shape index (κ2) is 1.96. The number of hydrogen-bond acceptors (Lipinski definition) is 2. The van der Waals surface area contributed by atoms with Crippen molar-refractivity contribution in [3.8, 4) is 0 Å². The Hall–Kier alpha value is -0.830. The summed E-state index contributed by atoms with van der Waals surface area (Å²) in [5.41, 5.74) is 0. The predicted molar refractivity (Wildman–Crippen MR) is 28.2 cm³/mol. The maximum absolute atomic E-state index is 10.4. The summed E-state index contributed by atoms with van der Waals surface area (Å²) in [5, 5.41) is 11.1. The van der Waals surface area contributed by atoms with Crippen molar-refractivity contribution in [2.75, 3.05) is 6.54 Å². The highest BCUT2D eigenvalue weighted by Gasteiger charge is 2.12. The van der Waals surface area contributed by atoms with Crippen molar-refractivity contribution in [2.45, 2.75) is 6.10 Å². The van der Waals surface area contributed by atoms with E-state index >= 15 is 0 Å². The molecule has 1 aliphatic heterocycles. The molecule has 3 heteroatoms. The first-order valence-electron chi connectivity index (χ1n) is 2.43. The molecule has 1 rings (SSSR count). The van der Waals surface area contributed by atoms with Crippen LogP contribution in [0.1, 0.15) is 0 Å². The third-order valence-corrected chi connectivity index (χ3v) is 0.981. The largest absolute Gasteiger partial charge is 0.379 e. The highest BCUT2D eigenvalue weighted by Crippen LogP contribution is 1.90. The highest BCUT2D eigenvalue weighted by atomic mass is 16.3. The lowest BCUT2D eigenvalue weighted by Gasteiger charge is -2.09. The van der Waals surface area contributed by atoms with E-state index in [9.17, 15) is 4.79 Å². The second-order valence-electron chi connectivity index (χ2n) is 1.62. The molecule has 3 nitrogen and oxygen atoms in total. The number of aliphatic hydroxyl groups is 1. The molecule has 0 radical (unpaired) electrons. The number of nitrogens with one attached hydrogen (secondary N) is 1. The van der Waals surface area contributed by atoms with Crippen LogP contribution >= 0.6 is 0 Å². The Morgan fingerprint density at radius 2 is 2.62 bits per heavy atom. The van der Waals surface area contributed by atoms with E-state index in [1.54, 1.807) is 6.08 Å². The smallest absolute Gasteiger partial charge is 0.253 e. The van der Waals surface area contributed by atoms with Crippen LogP contribution in [-0.2, 0) is 4.79 Å². The Morgan fingerprint density at radius 1 is 1.88 bits per heavy atom. The monoisotopic (exact) mass is 113 g/mol. The van der Waals surface area contributed by atoms with Gasteiger partial charge in [0, 0.05) is 6.54 Å². The summed E-state index contributed by atoms with van der Waals surface area (Å²) in [7, 11) is 0. The normalized spacial score (nSPS) is 27.6. The molecule has 2 N–H and O–H groups in total. The minimum atomic E-state index is -0.927. The summed E-state index contributed by atoms with van der Waals surface area (Å²) in [6, 6.07) is 0. The van der Waals surface area contributed by atoms with E-state index in [1.807, 2.05) is 0 Å². The minimum absolute atomic E-state index is 0.312. The maximum Gasteiger partial charge on any atom is 0.253 e. The van der Waals surface area contributed by atoms with E-state index in [1.165, 1.54) is 6.08 Å². The van der Waals surface area contributed by atoms with Gasteiger partial charge in [0.05, 0.1) is 0 Å². The summed E-state index contributed by atoms with van der Waals surface area (Å²) in [4.78, 5) is 10.4. The molecule has 0 spiro atoms. The quantitative estimate of drug-likeness (QED) is 0.397. The van der Waals surface area contributed by atoms with E-state index in [0.29, 0.717) is 6.54 Å². The van der Waals surface area contributed by atoms with Crippen molar-refractivity contribution >= 4 is 5.91 Å². The van der Waals surface area contributed by atoms with Crippen molar-refractivity contribution in [3.63, 3.8) is 0 Å². The van der Waals surface area contributed by atoms with Gasteiger partial charge < -0.3 is 10.4 Å². The zero-order valence-electron chi connectivity index (χ0n) is 4.29. The minimum Gasteiger partial charge on any atom is -0.379 e. The van der Waals surface area contributed by atoms with Crippen LogP contribution in [0.2, 0.25) is 0 Å². The second-order valence-corrected chi connectivity index (χ2v) is 1.62. The fourth-order valence-corrected chi connectivity index (χ4v) is 0.548. The summed E-state index contributed by atoms with van der Waals surface area (Å²) < 4.78 is 0. The Balaban J connectivity index is 2.60. The van der Waals surface area contributed by atoms with E-state index in [0.717, 1.165) is 0 Å². The first-order chi connectivity index (χ1) is 3.80. The molecule has 1 heterocycles. The molecule has 0 fully saturated rings. The van der Waals surface area contributed by atoms with Gasteiger partial charge in [-0.3, -0.25) is 4.79 Å². The molecular formula is C5H7NO2. The molecule has 0 aromatic heterocycles. The number of rotatable bonds is 0. The molecule has 8 heavy (non-hydrogen) atoms. The fraction of sp³-hybridized carbons (Fsp3) is 0.400. The topological polar surface area (TPSA) is 49.3 Å². The van der Waals surface area contributed by atoms with Crippen LogP contribution in [0.5, 0.6) is 0 Å². The zero-order chi connectivity index (χ0) is 5.98. The molecule has 0 saturated heterocycles. The van der Waals surface area contributed by atoms with E-state index in [-0.39, 0.29) is 5.91 Å². The molecule has 0 aromatic rings. The maximum atomic E-state index is 10.4. The number of carbonyl (C=O) groups is 1. The summed E-state index contributed by atoms with van der Waals surface area (Å²) >= 11 is 0. The molecule has 1 atom stereocenters. The Kier molecular flexibility index (Phi) is 1.30. The molecule has 1 aliphatic rings. The third kappa shape index (κ3) is 0.869. The first-order valence-corrected chi connectivity index (χ1v) is 2.43. The highest BCUT2D eigenvalue weighted by molar-refractivity contribution is 5.83. The van der Waals surface area contributed by atoms with Crippen LogP contribution in [0.4, 0.5) is 0 Å². The van der Waals surface area contributed by atoms with Crippen molar-refractivity contribution in [2.24, 2.45) is 0 Å². The van der Waals surface area contributed by atoms with E-state index in [4.69, 9.17) is 5.11 Å². The fourth-order valence-electron chi connectivity index (χ4n) is 0.548. The van der Waals surface area contributed by atoms with Gasteiger partial charge in [-0.2, -0.15) is 0 Å². The van der Waals surface area contributed by atoms with Gasteiger partial charge >= 0.3 is 0 Å². The zero-order valence-corrected chi connectivity index (χ0v) is 4.29. The van der Waals surface area contributed by atoms with Crippen molar-refractivity contribution in [1.29, 1.82) is 0 Å². The lowest BCUT2D eigenvalue weighted by Crippen LogP contribution is -2.36. The number of amides is 1. The van der Waals surface area contributed by atoms with Crippen LogP contribution in [0.25, 0.3) is 0 Å². The van der Waals surface area contributed by atoms with Crippen molar-refractivity contribution < 1.29 is 9.90 Å². The van der Waals surface area contributed by atoms with Gasteiger partial charge in [-0.05, 0) is 6.08 Å².